The maximum absolute atomic E-state index is 12.9. The second-order valence-electron chi connectivity index (χ2n) is 7.15. The van der Waals surface area contributed by atoms with E-state index in [4.69, 9.17) is 23.8 Å². The number of halogens is 1. The van der Waals surface area contributed by atoms with Crippen LogP contribution in [0.5, 0.6) is 0 Å². The molecule has 6 nitrogen and oxygen atoms in total. The molecule has 0 aliphatic carbocycles. The molecule has 0 spiro atoms. The molecule has 0 unspecified atom stereocenters. The van der Waals surface area contributed by atoms with Crippen LogP contribution in [0.4, 0.5) is 5.69 Å². The van der Waals surface area contributed by atoms with Crippen molar-refractivity contribution < 1.29 is 4.79 Å². The molecule has 1 fully saturated rings. The second-order valence-corrected chi connectivity index (χ2v) is 7.98. The van der Waals surface area contributed by atoms with Crippen LogP contribution in [0.3, 0.4) is 0 Å². The van der Waals surface area contributed by atoms with Gasteiger partial charge in [-0.25, -0.2) is 0 Å². The predicted octanol–water partition coefficient (Wildman–Crippen LogP) is 3.92. The number of amides is 1. The van der Waals surface area contributed by atoms with Gasteiger partial charge in [0.2, 0.25) is 5.91 Å². The van der Waals surface area contributed by atoms with Gasteiger partial charge in [0.1, 0.15) is 6.54 Å². The van der Waals surface area contributed by atoms with Crippen LogP contribution in [0, 0.1) is 11.7 Å². The van der Waals surface area contributed by atoms with E-state index in [2.05, 4.69) is 15.1 Å². The molecule has 2 aromatic carbocycles. The first-order chi connectivity index (χ1) is 14.0. The number of nitrogens with zero attached hydrogens (tertiary/aromatic N) is 4. The van der Waals surface area contributed by atoms with Crippen molar-refractivity contribution in [2.45, 2.75) is 13.5 Å². The highest BCUT2D eigenvalue weighted by atomic mass is 35.5. The molecule has 1 amide bonds. The number of carbonyl (C=O) groups excluding carboxylic acids is 1. The third-order valence-corrected chi connectivity index (χ3v) is 5.71. The molecule has 0 radical (unpaired) electrons. The Balaban J connectivity index is 1.44. The fourth-order valence-electron chi connectivity index (χ4n) is 3.51. The van der Waals surface area contributed by atoms with Gasteiger partial charge in [0.05, 0.1) is 0 Å². The smallest absolute Gasteiger partial charge is 0.242 e. The minimum Gasteiger partial charge on any atom is -0.368 e. The number of hydrogen-bond donors (Lipinski definition) is 1. The minimum atomic E-state index is 0.0432. The number of rotatable bonds is 4. The summed E-state index contributed by atoms with van der Waals surface area (Å²) in [6, 6.07) is 15.8. The summed E-state index contributed by atoms with van der Waals surface area (Å²) in [6.07, 6.45) is 0. The lowest BCUT2D eigenvalue weighted by molar-refractivity contribution is -0.132. The molecule has 1 N–H and O–H groups in total. The van der Waals surface area contributed by atoms with E-state index in [0.717, 1.165) is 29.4 Å². The largest absolute Gasteiger partial charge is 0.368 e. The number of benzene rings is 2. The molecule has 0 bridgehead atoms. The Kier molecular flexibility index (Phi) is 5.69. The summed E-state index contributed by atoms with van der Waals surface area (Å²) in [5.41, 5.74) is 3.19. The van der Waals surface area contributed by atoms with E-state index in [1.54, 1.807) is 4.57 Å². The quantitative estimate of drug-likeness (QED) is 0.641. The zero-order chi connectivity index (χ0) is 20.4. The Hall–Kier alpha value is -2.64. The van der Waals surface area contributed by atoms with Crippen molar-refractivity contribution in [3.63, 3.8) is 0 Å². The molecular formula is C21H22ClN5OS. The molecule has 1 aromatic heterocycles. The molecule has 1 aliphatic heterocycles. The third kappa shape index (κ3) is 4.36. The number of aryl methyl sites for hydroxylation is 1. The monoisotopic (exact) mass is 427 g/mol. The van der Waals surface area contributed by atoms with Gasteiger partial charge < -0.3 is 9.80 Å². The molecule has 29 heavy (non-hydrogen) atoms. The topological polar surface area (TPSA) is 57.2 Å². The van der Waals surface area contributed by atoms with Crippen molar-refractivity contribution >= 4 is 35.4 Å². The summed E-state index contributed by atoms with van der Waals surface area (Å²) >= 11 is 11.5. The van der Waals surface area contributed by atoms with Crippen LogP contribution in [0.25, 0.3) is 11.4 Å². The summed E-state index contributed by atoms with van der Waals surface area (Å²) in [6.45, 7) is 5.08. The summed E-state index contributed by atoms with van der Waals surface area (Å²) in [4.78, 5) is 17.1. The van der Waals surface area contributed by atoms with Crippen molar-refractivity contribution in [2.24, 2.45) is 0 Å². The Morgan fingerprint density at radius 2 is 1.86 bits per heavy atom. The number of piperazine rings is 1. The Morgan fingerprint density at radius 1 is 1.14 bits per heavy atom. The molecule has 0 saturated carbocycles. The highest BCUT2D eigenvalue weighted by molar-refractivity contribution is 7.71. The van der Waals surface area contributed by atoms with Gasteiger partial charge >= 0.3 is 0 Å². The Morgan fingerprint density at radius 3 is 2.55 bits per heavy atom. The number of carbonyl (C=O) groups is 1. The average Bonchev–Trinajstić information content (AvgIpc) is 3.09. The lowest BCUT2D eigenvalue weighted by atomic mass is 10.1. The molecule has 1 aliphatic rings. The standard InChI is InChI=1S/C21H22ClN5OS/c1-15-5-7-16(8-6-15)20-23-24-21(29)27(20)14-19(28)26-11-9-25(10-12-26)18-4-2-3-17(22)13-18/h2-8,13H,9-12,14H2,1H3,(H,24,29). The maximum Gasteiger partial charge on any atom is 0.242 e. The first-order valence-corrected chi connectivity index (χ1v) is 10.3. The zero-order valence-electron chi connectivity index (χ0n) is 16.1. The number of hydrogen-bond acceptors (Lipinski definition) is 4. The predicted molar refractivity (Wildman–Crippen MR) is 118 cm³/mol. The second kappa shape index (κ2) is 8.39. The van der Waals surface area contributed by atoms with E-state index >= 15 is 0 Å². The highest BCUT2D eigenvalue weighted by Gasteiger charge is 2.23. The molecule has 8 heteroatoms. The lowest BCUT2D eigenvalue weighted by Gasteiger charge is -2.36. The average molecular weight is 428 g/mol. The number of aromatic amines is 1. The van der Waals surface area contributed by atoms with Crippen LogP contribution < -0.4 is 4.90 Å². The van der Waals surface area contributed by atoms with Crippen molar-refractivity contribution in [1.82, 2.24) is 19.7 Å². The molecule has 4 rings (SSSR count). The Bertz CT molecular complexity index is 1070. The zero-order valence-corrected chi connectivity index (χ0v) is 17.7. The van der Waals surface area contributed by atoms with Crippen LogP contribution in [0.2, 0.25) is 5.02 Å². The van der Waals surface area contributed by atoms with E-state index in [-0.39, 0.29) is 12.5 Å². The van der Waals surface area contributed by atoms with E-state index in [9.17, 15) is 4.79 Å². The van der Waals surface area contributed by atoms with Crippen LogP contribution in [-0.4, -0.2) is 51.8 Å². The molecular weight excluding hydrogens is 406 g/mol. The first kappa shape index (κ1) is 19.7. The molecule has 0 atom stereocenters. The fraction of sp³-hybridized carbons (Fsp3) is 0.286. The maximum atomic E-state index is 12.9. The van der Waals surface area contributed by atoms with Gasteiger partial charge in [-0.2, -0.15) is 5.10 Å². The Labute approximate surface area is 179 Å². The highest BCUT2D eigenvalue weighted by Crippen LogP contribution is 2.21. The summed E-state index contributed by atoms with van der Waals surface area (Å²) in [7, 11) is 0. The summed E-state index contributed by atoms with van der Waals surface area (Å²) in [5.74, 6) is 0.725. The van der Waals surface area contributed by atoms with Crippen LogP contribution in [0.15, 0.2) is 48.5 Å². The summed E-state index contributed by atoms with van der Waals surface area (Å²) < 4.78 is 2.22. The van der Waals surface area contributed by atoms with Gasteiger partial charge in [-0.3, -0.25) is 14.5 Å². The van der Waals surface area contributed by atoms with E-state index in [1.807, 2.05) is 60.4 Å². The summed E-state index contributed by atoms with van der Waals surface area (Å²) in [5, 5.41) is 7.87. The van der Waals surface area contributed by atoms with Gasteiger partial charge in [0.15, 0.2) is 10.6 Å². The molecule has 2 heterocycles. The molecule has 150 valence electrons. The fourth-order valence-corrected chi connectivity index (χ4v) is 3.89. The molecule has 3 aromatic rings. The first-order valence-electron chi connectivity index (χ1n) is 9.52. The van der Waals surface area contributed by atoms with E-state index in [1.165, 1.54) is 5.56 Å². The van der Waals surface area contributed by atoms with E-state index in [0.29, 0.717) is 23.7 Å². The van der Waals surface area contributed by atoms with Crippen molar-refractivity contribution in [3.05, 3.63) is 63.9 Å². The van der Waals surface area contributed by atoms with Crippen LogP contribution >= 0.6 is 23.8 Å². The number of anilines is 1. The van der Waals surface area contributed by atoms with Crippen LogP contribution in [-0.2, 0) is 11.3 Å². The van der Waals surface area contributed by atoms with Gasteiger partial charge in [0.25, 0.3) is 0 Å². The van der Waals surface area contributed by atoms with Gasteiger partial charge in [-0.05, 0) is 37.3 Å². The van der Waals surface area contributed by atoms with Crippen molar-refractivity contribution in [2.75, 3.05) is 31.1 Å². The number of H-pyrrole nitrogens is 1. The van der Waals surface area contributed by atoms with E-state index < -0.39 is 0 Å². The molecule has 1 saturated heterocycles. The SMILES string of the molecule is Cc1ccc(-c2n[nH]c(=S)n2CC(=O)N2CCN(c3cccc(Cl)c3)CC2)cc1. The third-order valence-electron chi connectivity index (χ3n) is 5.17. The van der Waals surface area contributed by atoms with Crippen LogP contribution in [0.1, 0.15) is 5.56 Å². The minimum absolute atomic E-state index is 0.0432. The van der Waals surface area contributed by atoms with Gasteiger partial charge in [-0.15, -0.1) is 0 Å². The number of aromatic nitrogens is 3. The number of nitrogens with one attached hydrogen (secondary N) is 1. The lowest BCUT2D eigenvalue weighted by Crippen LogP contribution is -2.49. The van der Waals surface area contributed by atoms with Gasteiger partial charge in [-0.1, -0.05) is 47.5 Å². The van der Waals surface area contributed by atoms with Crippen molar-refractivity contribution in [1.29, 1.82) is 0 Å². The van der Waals surface area contributed by atoms with Crippen molar-refractivity contribution in [3.8, 4) is 11.4 Å². The van der Waals surface area contributed by atoms with Gasteiger partial charge in [0, 0.05) is 42.5 Å². The normalized spacial score (nSPS) is 14.3.